The van der Waals surface area contributed by atoms with Gasteiger partial charge in [-0.1, -0.05) is 24.3 Å². The van der Waals surface area contributed by atoms with E-state index in [0.29, 0.717) is 17.9 Å². The number of carbonyl (C=O) groups is 1. The van der Waals surface area contributed by atoms with E-state index in [9.17, 15) is 4.79 Å². The van der Waals surface area contributed by atoms with E-state index in [1.165, 1.54) is 0 Å². The van der Waals surface area contributed by atoms with Gasteiger partial charge in [-0.15, -0.1) is 0 Å². The van der Waals surface area contributed by atoms with Gasteiger partial charge in [0, 0.05) is 24.0 Å². The van der Waals surface area contributed by atoms with Crippen molar-refractivity contribution >= 4 is 6.29 Å². The molecule has 0 saturated carbocycles. The maximum absolute atomic E-state index is 11.1. The predicted molar refractivity (Wildman–Crippen MR) is 92.0 cm³/mol. The van der Waals surface area contributed by atoms with Crippen LogP contribution < -0.4 is 4.74 Å². The van der Waals surface area contributed by atoms with E-state index in [-0.39, 0.29) is 6.04 Å². The van der Waals surface area contributed by atoms with Crippen molar-refractivity contribution < 1.29 is 9.53 Å². The van der Waals surface area contributed by atoms with Crippen LogP contribution in [0.2, 0.25) is 0 Å². The summed E-state index contributed by atoms with van der Waals surface area (Å²) < 4.78 is 7.87. The Kier molecular flexibility index (Phi) is 4.70. The molecule has 2 aromatic heterocycles. The average molecular weight is 321 g/mol. The largest absolute Gasteiger partial charge is 0.487 e. The zero-order valence-corrected chi connectivity index (χ0v) is 13.7. The summed E-state index contributed by atoms with van der Waals surface area (Å²) in [5, 5.41) is 4.35. The van der Waals surface area contributed by atoms with Crippen LogP contribution in [-0.2, 0) is 6.61 Å². The van der Waals surface area contributed by atoms with Crippen molar-refractivity contribution in [3.8, 4) is 17.1 Å². The maximum Gasteiger partial charge on any atom is 0.150 e. The highest BCUT2D eigenvalue weighted by atomic mass is 16.5. The second-order valence-electron chi connectivity index (χ2n) is 5.71. The average Bonchev–Trinajstić information content (AvgIpc) is 3.10. The summed E-state index contributed by atoms with van der Waals surface area (Å²) in [6.07, 6.45) is 4.34. The molecule has 0 radical (unpaired) electrons. The van der Waals surface area contributed by atoms with Crippen molar-refractivity contribution in [1.82, 2.24) is 14.8 Å². The molecule has 122 valence electrons. The summed E-state index contributed by atoms with van der Waals surface area (Å²) in [4.78, 5) is 15.6. The van der Waals surface area contributed by atoms with Gasteiger partial charge >= 0.3 is 0 Å². The Hall–Kier alpha value is -2.95. The number of benzene rings is 1. The first-order valence-electron chi connectivity index (χ1n) is 7.85. The van der Waals surface area contributed by atoms with E-state index in [2.05, 4.69) is 23.9 Å². The zero-order chi connectivity index (χ0) is 16.9. The third-order valence-corrected chi connectivity index (χ3v) is 3.74. The summed E-state index contributed by atoms with van der Waals surface area (Å²) >= 11 is 0. The Balaban J connectivity index is 1.90. The number of rotatable bonds is 6. The molecule has 5 nitrogen and oxygen atoms in total. The molecule has 5 heteroatoms. The lowest BCUT2D eigenvalue weighted by molar-refractivity contribution is 0.112. The van der Waals surface area contributed by atoms with Gasteiger partial charge in [-0.25, -0.2) is 0 Å². The Labute approximate surface area is 140 Å². The molecule has 3 aromatic rings. The number of nitrogens with zero attached hydrogens (tertiary/aromatic N) is 3. The molecular formula is C19H19N3O2. The van der Waals surface area contributed by atoms with Gasteiger partial charge in [-0.3, -0.25) is 14.5 Å². The molecule has 0 saturated heterocycles. The van der Waals surface area contributed by atoms with Gasteiger partial charge in [0.25, 0.3) is 0 Å². The summed E-state index contributed by atoms with van der Waals surface area (Å²) in [6, 6.07) is 13.3. The highest BCUT2D eigenvalue weighted by Crippen LogP contribution is 2.29. The minimum Gasteiger partial charge on any atom is -0.487 e. The van der Waals surface area contributed by atoms with Crippen LogP contribution in [0.1, 0.15) is 35.8 Å². The fourth-order valence-corrected chi connectivity index (χ4v) is 2.55. The SMILES string of the molecule is CC(C)n1nccc1-c1ncccc1OCc1ccccc1C=O. The fourth-order valence-electron chi connectivity index (χ4n) is 2.55. The van der Waals surface area contributed by atoms with E-state index < -0.39 is 0 Å². The summed E-state index contributed by atoms with van der Waals surface area (Å²) in [6.45, 7) is 4.45. The van der Waals surface area contributed by atoms with Gasteiger partial charge in [0.05, 0.1) is 5.69 Å². The zero-order valence-electron chi connectivity index (χ0n) is 13.7. The number of carbonyl (C=O) groups excluding carboxylic acids is 1. The van der Waals surface area contributed by atoms with Gasteiger partial charge < -0.3 is 4.74 Å². The van der Waals surface area contributed by atoms with Gasteiger partial charge in [-0.2, -0.15) is 5.10 Å². The van der Waals surface area contributed by atoms with Crippen molar-refractivity contribution in [3.63, 3.8) is 0 Å². The molecule has 0 fully saturated rings. The first kappa shape index (κ1) is 15.9. The first-order valence-corrected chi connectivity index (χ1v) is 7.85. The highest BCUT2D eigenvalue weighted by Gasteiger charge is 2.14. The molecule has 0 aliphatic rings. The molecular weight excluding hydrogens is 302 g/mol. The number of pyridine rings is 1. The molecule has 1 aromatic carbocycles. The van der Waals surface area contributed by atoms with Crippen molar-refractivity contribution in [1.29, 1.82) is 0 Å². The molecule has 0 spiro atoms. The quantitative estimate of drug-likeness (QED) is 0.646. The number of hydrogen-bond donors (Lipinski definition) is 0. The molecule has 0 unspecified atom stereocenters. The first-order chi connectivity index (χ1) is 11.7. The van der Waals surface area contributed by atoms with E-state index in [0.717, 1.165) is 23.2 Å². The van der Waals surface area contributed by atoms with Gasteiger partial charge in [0.1, 0.15) is 24.3 Å². The lowest BCUT2D eigenvalue weighted by Crippen LogP contribution is -2.07. The van der Waals surface area contributed by atoms with Crippen LogP contribution in [0.25, 0.3) is 11.4 Å². The smallest absolute Gasteiger partial charge is 0.150 e. The van der Waals surface area contributed by atoms with Crippen LogP contribution in [0.3, 0.4) is 0 Å². The van der Waals surface area contributed by atoms with Crippen LogP contribution in [0.5, 0.6) is 5.75 Å². The minimum absolute atomic E-state index is 0.223. The molecule has 0 bridgehead atoms. The molecule has 0 aliphatic carbocycles. The number of ether oxygens (including phenoxy) is 1. The second kappa shape index (κ2) is 7.08. The number of aromatic nitrogens is 3. The topological polar surface area (TPSA) is 57.0 Å². The summed E-state index contributed by atoms with van der Waals surface area (Å²) in [7, 11) is 0. The third-order valence-electron chi connectivity index (χ3n) is 3.74. The van der Waals surface area contributed by atoms with Gasteiger partial charge in [0.15, 0.2) is 0 Å². The Bertz CT molecular complexity index is 840. The van der Waals surface area contributed by atoms with E-state index in [4.69, 9.17) is 4.74 Å². The Morgan fingerprint density at radius 3 is 2.75 bits per heavy atom. The standard InChI is InChI=1S/C19H19N3O2/c1-14(2)22-17(9-11-21-22)19-18(8-5-10-20-19)24-13-16-7-4-3-6-15(16)12-23/h3-12,14H,13H2,1-2H3. The predicted octanol–water partition coefficient (Wildman–Crippen LogP) is 3.92. The molecule has 0 aliphatic heterocycles. The molecule has 0 N–H and O–H groups in total. The van der Waals surface area contributed by atoms with Gasteiger partial charge in [0.2, 0.25) is 0 Å². The van der Waals surface area contributed by atoms with Crippen LogP contribution in [0.15, 0.2) is 54.9 Å². The number of hydrogen-bond acceptors (Lipinski definition) is 4. The van der Waals surface area contributed by atoms with E-state index in [1.807, 2.05) is 41.1 Å². The lowest BCUT2D eigenvalue weighted by Gasteiger charge is -2.14. The van der Waals surface area contributed by atoms with Crippen molar-refractivity contribution in [3.05, 3.63) is 66.0 Å². The van der Waals surface area contributed by atoms with E-state index >= 15 is 0 Å². The van der Waals surface area contributed by atoms with Crippen molar-refractivity contribution in [2.75, 3.05) is 0 Å². The summed E-state index contributed by atoms with van der Waals surface area (Å²) in [5.41, 5.74) is 3.13. The molecule has 0 amide bonds. The number of aldehydes is 1. The van der Waals surface area contributed by atoms with Crippen LogP contribution in [0.4, 0.5) is 0 Å². The van der Waals surface area contributed by atoms with Crippen LogP contribution >= 0.6 is 0 Å². The Morgan fingerprint density at radius 1 is 1.12 bits per heavy atom. The minimum atomic E-state index is 0.223. The van der Waals surface area contributed by atoms with Gasteiger partial charge in [-0.05, 0) is 37.6 Å². The highest BCUT2D eigenvalue weighted by molar-refractivity contribution is 5.77. The molecule has 2 heterocycles. The molecule has 3 rings (SSSR count). The van der Waals surface area contributed by atoms with Crippen molar-refractivity contribution in [2.24, 2.45) is 0 Å². The molecule has 0 atom stereocenters. The normalized spacial score (nSPS) is 10.8. The van der Waals surface area contributed by atoms with Crippen molar-refractivity contribution in [2.45, 2.75) is 26.5 Å². The molecule has 24 heavy (non-hydrogen) atoms. The monoisotopic (exact) mass is 321 g/mol. The fraction of sp³-hybridized carbons (Fsp3) is 0.211. The lowest BCUT2D eigenvalue weighted by atomic mass is 10.1. The third kappa shape index (κ3) is 3.20. The summed E-state index contributed by atoms with van der Waals surface area (Å²) in [5.74, 6) is 0.667. The van der Waals surface area contributed by atoms with Crippen LogP contribution in [0, 0.1) is 0 Å². The van der Waals surface area contributed by atoms with Crippen LogP contribution in [-0.4, -0.2) is 21.1 Å². The van der Waals surface area contributed by atoms with E-state index in [1.54, 1.807) is 18.5 Å². The second-order valence-corrected chi connectivity index (χ2v) is 5.71. The Morgan fingerprint density at radius 2 is 1.96 bits per heavy atom. The maximum atomic E-state index is 11.1.